The molecule has 1 amide bonds. The maximum absolute atomic E-state index is 15.4. The molecule has 1 aliphatic rings. The Hall–Kier alpha value is -3.06. The van der Waals surface area contributed by atoms with E-state index in [0.717, 1.165) is 34.3 Å². The highest BCUT2D eigenvalue weighted by atomic mass is 32.2. The Kier molecular flexibility index (Phi) is 7.54. The van der Waals surface area contributed by atoms with Gasteiger partial charge in [-0.3, -0.25) is 13.9 Å². The molecule has 212 valence electrons. The molecule has 2 aromatic carbocycles. The van der Waals surface area contributed by atoms with Crippen molar-refractivity contribution in [3.8, 4) is 11.4 Å². The van der Waals surface area contributed by atoms with E-state index in [0.29, 0.717) is 29.5 Å². The van der Waals surface area contributed by atoms with Gasteiger partial charge in [0.15, 0.2) is 0 Å². The lowest BCUT2D eigenvalue weighted by molar-refractivity contribution is -0.274. The van der Waals surface area contributed by atoms with Crippen molar-refractivity contribution in [3.05, 3.63) is 58.0 Å². The zero-order valence-electron chi connectivity index (χ0n) is 21.7. The number of halogens is 5. The third-order valence-corrected chi connectivity index (χ3v) is 8.01. The minimum absolute atomic E-state index is 0.0212. The summed E-state index contributed by atoms with van der Waals surface area (Å²) in [6, 6.07) is 3.12. The fourth-order valence-electron chi connectivity index (χ4n) is 4.48. The number of hydrogen-bond donors (Lipinski definition) is 2. The summed E-state index contributed by atoms with van der Waals surface area (Å²) in [5, 5.41) is 13.5. The minimum atomic E-state index is -5.08. The number of nitrogens with one attached hydrogen (secondary N) is 1. The van der Waals surface area contributed by atoms with Gasteiger partial charge in [-0.2, -0.15) is 11.8 Å². The molecular weight excluding hydrogens is 545 g/mol. The van der Waals surface area contributed by atoms with Gasteiger partial charge in [-0.15, -0.1) is 13.2 Å². The van der Waals surface area contributed by atoms with Crippen LogP contribution in [-0.4, -0.2) is 49.2 Å². The summed E-state index contributed by atoms with van der Waals surface area (Å²) in [5.74, 6) is -1.94. The van der Waals surface area contributed by atoms with Gasteiger partial charge in [0.2, 0.25) is 0 Å². The Morgan fingerprint density at radius 2 is 1.74 bits per heavy atom. The number of aliphatic hydroxyl groups is 1. The normalized spacial score (nSPS) is 16.8. The number of rotatable bonds is 6. The molecule has 7 nitrogen and oxygen atoms in total. The number of ether oxygens (including phenoxy) is 1. The summed E-state index contributed by atoms with van der Waals surface area (Å²) in [5.41, 5.74) is -4.26. The van der Waals surface area contributed by atoms with Crippen LogP contribution in [-0.2, 0) is 0 Å². The minimum Gasteiger partial charge on any atom is -0.406 e. The fraction of sp³-hybridized carbons (Fsp3) is 0.462. The Morgan fingerprint density at radius 1 is 1.10 bits per heavy atom. The van der Waals surface area contributed by atoms with E-state index < -0.39 is 58.2 Å². The van der Waals surface area contributed by atoms with Gasteiger partial charge in [0.25, 0.3) is 5.91 Å². The molecule has 0 radical (unpaired) electrons. The van der Waals surface area contributed by atoms with Crippen LogP contribution in [0.3, 0.4) is 0 Å². The molecular formula is C26H28F5N3O4S. The first kappa shape index (κ1) is 28.9. The number of nitrogens with zero attached hydrogens (tertiary/aromatic N) is 2. The maximum atomic E-state index is 15.4. The van der Waals surface area contributed by atoms with Crippen molar-refractivity contribution in [1.82, 2.24) is 14.5 Å². The highest BCUT2D eigenvalue weighted by Crippen LogP contribution is 2.32. The largest absolute Gasteiger partial charge is 0.573 e. The third-order valence-electron chi connectivity index (χ3n) is 7.02. The first-order valence-electron chi connectivity index (χ1n) is 12.2. The lowest BCUT2D eigenvalue weighted by Gasteiger charge is -2.34. The zero-order valence-corrected chi connectivity index (χ0v) is 22.5. The molecule has 2 heterocycles. The summed E-state index contributed by atoms with van der Waals surface area (Å²) < 4.78 is 74.4. The third kappa shape index (κ3) is 5.93. The van der Waals surface area contributed by atoms with Crippen molar-refractivity contribution in [2.24, 2.45) is 0 Å². The van der Waals surface area contributed by atoms with Crippen molar-refractivity contribution in [2.75, 3.05) is 11.5 Å². The quantitative estimate of drug-likeness (QED) is 0.390. The van der Waals surface area contributed by atoms with Crippen LogP contribution in [0.4, 0.5) is 22.0 Å². The van der Waals surface area contributed by atoms with Crippen LogP contribution in [0.25, 0.3) is 16.7 Å². The zero-order chi connectivity index (χ0) is 28.9. The Bertz CT molecular complexity index is 1470. The monoisotopic (exact) mass is 573 g/mol. The van der Waals surface area contributed by atoms with Gasteiger partial charge in [-0.1, -0.05) is 0 Å². The van der Waals surface area contributed by atoms with Crippen molar-refractivity contribution >= 4 is 28.7 Å². The average Bonchev–Trinajstić information content (AvgIpc) is 3.08. The number of thioether (sulfide) groups is 1. The molecule has 3 aromatic rings. The molecule has 1 aromatic heterocycles. The predicted octanol–water partition coefficient (Wildman–Crippen LogP) is 5.32. The van der Waals surface area contributed by atoms with E-state index in [-0.39, 0.29) is 16.6 Å². The van der Waals surface area contributed by atoms with E-state index in [2.05, 4.69) is 10.1 Å². The summed E-state index contributed by atoms with van der Waals surface area (Å²) in [4.78, 5) is 26.8. The van der Waals surface area contributed by atoms with E-state index in [9.17, 15) is 32.3 Å². The Morgan fingerprint density at radius 3 is 2.33 bits per heavy atom. The van der Waals surface area contributed by atoms with E-state index in [4.69, 9.17) is 0 Å². The van der Waals surface area contributed by atoms with Gasteiger partial charge in [-0.05, 0) is 70.2 Å². The average molecular weight is 574 g/mol. The molecule has 1 aliphatic heterocycles. The Balaban J connectivity index is 1.93. The van der Waals surface area contributed by atoms with Crippen LogP contribution in [0.2, 0.25) is 0 Å². The fourth-order valence-corrected chi connectivity index (χ4v) is 5.88. The number of imidazole rings is 1. The molecule has 13 heteroatoms. The lowest BCUT2D eigenvalue weighted by Crippen LogP contribution is -2.48. The second kappa shape index (κ2) is 10.2. The number of aromatic nitrogens is 2. The molecule has 39 heavy (non-hydrogen) atoms. The number of benzene rings is 2. The van der Waals surface area contributed by atoms with Gasteiger partial charge in [0, 0.05) is 17.7 Å². The van der Waals surface area contributed by atoms with Crippen LogP contribution in [0.15, 0.2) is 35.1 Å². The predicted molar refractivity (Wildman–Crippen MR) is 138 cm³/mol. The maximum Gasteiger partial charge on any atom is 0.573 e. The molecule has 0 bridgehead atoms. The molecule has 1 atom stereocenters. The number of fused-ring (bicyclic) bond motifs is 1. The van der Waals surface area contributed by atoms with Gasteiger partial charge >= 0.3 is 12.1 Å². The van der Waals surface area contributed by atoms with Crippen LogP contribution >= 0.6 is 11.8 Å². The second-order valence-corrected chi connectivity index (χ2v) is 11.7. The van der Waals surface area contributed by atoms with Gasteiger partial charge < -0.3 is 15.2 Å². The van der Waals surface area contributed by atoms with E-state index in [1.807, 2.05) is 6.92 Å². The van der Waals surface area contributed by atoms with E-state index in [1.54, 1.807) is 11.8 Å². The summed E-state index contributed by atoms with van der Waals surface area (Å²) in [7, 11) is 0. The molecule has 1 saturated heterocycles. The number of carbonyl (C=O) groups excluding carboxylic acids is 1. The van der Waals surface area contributed by atoms with Gasteiger partial charge in [0.05, 0.1) is 33.9 Å². The number of carbonyl (C=O) groups is 1. The standard InChI is InChI=1S/C26H28F5N3O4S/c1-14(24(2,3)37)33-20-12-16(22(35)32-25(4)7-9-39-10-8-25)18(28)13-21(20)34(23(33)36)19-11-15(5-6-17(19)27)38-26(29,30)31/h5-6,11-14,37H,7-10H2,1-4H3,(H,32,35). The summed E-state index contributed by atoms with van der Waals surface area (Å²) >= 11 is 1.75. The Labute approximate surface area is 224 Å². The molecule has 1 fully saturated rings. The van der Waals surface area contributed by atoms with Crippen molar-refractivity contribution in [3.63, 3.8) is 0 Å². The highest BCUT2D eigenvalue weighted by Gasteiger charge is 2.34. The van der Waals surface area contributed by atoms with Crippen molar-refractivity contribution < 1.29 is 36.6 Å². The van der Waals surface area contributed by atoms with Crippen LogP contribution in [0, 0.1) is 11.6 Å². The summed E-state index contributed by atoms with van der Waals surface area (Å²) in [6.07, 6.45) is -3.72. The highest BCUT2D eigenvalue weighted by molar-refractivity contribution is 7.99. The SMILES string of the molecule is CC(n1c(=O)n(-c2cc(OC(F)(F)F)ccc2F)c2cc(F)c(C(=O)NC3(C)CCSCC3)cc21)C(C)(C)O. The summed E-state index contributed by atoms with van der Waals surface area (Å²) in [6.45, 7) is 6.20. The topological polar surface area (TPSA) is 85.5 Å². The lowest BCUT2D eigenvalue weighted by atomic mass is 9.94. The van der Waals surface area contributed by atoms with Gasteiger partial charge in [0.1, 0.15) is 17.4 Å². The molecule has 4 rings (SSSR count). The van der Waals surface area contributed by atoms with E-state index >= 15 is 4.39 Å². The molecule has 1 unspecified atom stereocenters. The van der Waals surface area contributed by atoms with Crippen LogP contribution in [0.1, 0.15) is 56.9 Å². The molecule has 2 N–H and O–H groups in total. The molecule has 0 saturated carbocycles. The number of hydrogen-bond acceptors (Lipinski definition) is 5. The second-order valence-electron chi connectivity index (χ2n) is 10.4. The van der Waals surface area contributed by atoms with Crippen molar-refractivity contribution in [1.29, 1.82) is 0 Å². The van der Waals surface area contributed by atoms with Crippen LogP contribution < -0.4 is 15.7 Å². The first-order chi connectivity index (χ1) is 18.0. The molecule has 0 spiro atoms. The van der Waals surface area contributed by atoms with Crippen LogP contribution in [0.5, 0.6) is 5.75 Å². The molecule has 0 aliphatic carbocycles. The number of amides is 1. The van der Waals surface area contributed by atoms with Gasteiger partial charge in [-0.25, -0.2) is 13.6 Å². The smallest absolute Gasteiger partial charge is 0.406 e. The van der Waals surface area contributed by atoms with E-state index in [1.165, 1.54) is 20.8 Å². The first-order valence-corrected chi connectivity index (χ1v) is 13.3. The van der Waals surface area contributed by atoms with Crippen molar-refractivity contribution in [2.45, 2.75) is 64.1 Å². The number of alkyl halides is 3.